The van der Waals surface area contributed by atoms with Crippen LogP contribution in [0.4, 0.5) is 0 Å². The van der Waals surface area contributed by atoms with Gasteiger partial charge >= 0.3 is 0 Å². The normalized spacial score (nSPS) is 10.7. The van der Waals surface area contributed by atoms with E-state index in [1.807, 2.05) is 42.5 Å². The average molecular weight is 424 g/mol. The number of nitrogens with one attached hydrogen (secondary N) is 1. The smallest absolute Gasteiger partial charge is 0.189 e. The fourth-order valence-corrected chi connectivity index (χ4v) is 4.49. The molecule has 0 saturated carbocycles. The maximum Gasteiger partial charge on any atom is 0.189 e. The van der Waals surface area contributed by atoms with Crippen molar-refractivity contribution in [2.24, 2.45) is 0 Å². The molecule has 4 rings (SSSR count). The van der Waals surface area contributed by atoms with Crippen LogP contribution in [0.5, 0.6) is 23.0 Å². The highest BCUT2D eigenvalue weighted by molar-refractivity contribution is 7.19. The van der Waals surface area contributed by atoms with Crippen molar-refractivity contribution in [2.45, 2.75) is 0 Å². The van der Waals surface area contributed by atoms with E-state index in [1.54, 1.807) is 28.4 Å². The van der Waals surface area contributed by atoms with E-state index in [1.165, 1.54) is 11.3 Å². The molecule has 0 amide bonds. The molecule has 154 valence electrons. The summed E-state index contributed by atoms with van der Waals surface area (Å²) < 4.78 is 22.6. The van der Waals surface area contributed by atoms with E-state index in [0.29, 0.717) is 28.8 Å². The predicted octanol–water partition coefficient (Wildman–Crippen LogP) is 4.30. The van der Waals surface area contributed by atoms with Gasteiger partial charge in [-0.25, -0.2) is 5.10 Å². The van der Waals surface area contributed by atoms with Crippen LogP contribution in [0.3, 0.4) is 0 Å². The first kappa shape index (κ1) is 19.7. The molecule has 9 heteroatoms. The largest absolute Gasteiger partial charge is 0.496 e. The van der Waals surface area contributed by atoms with Gasteiger partial charge in [-0.05, 0) is 40.8 Å². The molecule has 0 spiro atoms. The number of methoxy groups -OCH3 is 4. The van der Waals surface area contributed by atoms with Gasteiger partial charge in [-0.3, -0.25) is 0 Å². The van der Waals surface area contributed by atoms with E-state index in [-0.39, 0.29) is 0 Å². The Morgan fingerprint density at radius 3 is 1.77 bits per heavy atom. The second kappa shape index (κ2) is 8.42. The van der Waals surface area contributed by atoms with Gasteiger partial charge in [0.05, 0.1) is 49.3 Å². The minimum atomic E-state index is 0.565. The highest BCUT2D eigenvalue weighted by Crippen LogP contribution is 2.52. The molecule has 2 aromatic heterocycles. The van der Waals surface area contributed by atoms with Crippen LogP contribution in [-0.2, 0) is 0 Å². The Bertz CT molecular complexity index is 1040. The van der Waals surface area contributed by atoms with Gasteiger partial charge in [-0.15, -0.1) is 16.4 Å². The lowest BCUT2D eigenvalue weighted by atomic mass is 9.99. The number of aromatic amines is 1. The monoisotopic (exact) mass is 424 g/mol. The summed E-state index contributed by atoms with van der Waals surface area (Å²) in [5.74, 6) is 3.31. The van der Waals surface area contributed by atoms with Gasteiger partial charge in [-0.1, -0.05) is 12.1 Å². The number of hydrogen-bond donors (Lipinski definition) is 1. The van der Waals surface area contributed by atoms with E-state index in [2.05, 4.69) is 20.6 Å². The lowest BCUT2D eigenvalue weighted by Crippen LogP contribution is -1.95. The third-order valence-corrected chi connectivity index (χ3v) is 5.82. The van der Waals surface area contributed by atoms with Crippen molar-refractivity contribution in [2.75, 3.05) is 28.4 Å². The molecule has 0 aliphatic carbocycles. The SMILES string of the molecule is COc1cccc(OC)c1-c1cc(-c2nnn[nH]2)sc1-c1c(OC)cccc1OC. The van der Waals surface area contributed by atoms with Gasteiger partial charge in [0.15, 0.2) is 5.82 Å². The molecule has 0 aliphatic rings. The summed E-state index contributed by atoms with van der Waals surface area (Å²) in [6.45, 7) is 0. The molecule has 30 heavy (non-hydrogen) atoms. The molecule has 0 bridgehead atoms. The second-order valence-corrected chi connectivity index (χ2v) is 7.23. The van der Waals surface area contributed by atoms with Crippen LogP contribution in [-0.4, -0.2) is 49.1 Å². The number of tetrazole rings is 1. The van der Waals surface area contributed by atoms with Crippen LogP contribution < -0.4 is 18.9 Å². The molecule has 0 unspecified atom stereocenters. The zero-order valence-corrected chi connectivity index (χ0v) is 17.7. The highest BCUT2D eigenvalue weighted by Gasteiger charge is 2.25. The molecule has 0 fully saturated rings. The van der Waals surface area contributed by atoms with Crippen molar-refractivity contribution in [3.05, 3.63) is 42.5 Å². The molecular formula is C21H20N4O4S. The summed E-state index contributed by atoms with van der Waals surface area (Å²) >= 11 is 1.52. The average Bonchev–Trinajstić information content (AvgIpc) is 3.47. The van der Waals surface area contributed by atoms with Crippen LogP contribution in [0.2, 0.25) is 0 Å². The topological polar surface area (TPSA) is 91.4 Å². The first-order valence-corrected chi connectivity index (χ1v) is 9.84. The van der Waals surface area contributed by atoms with Gasteiger partial charge in [0.25, 0.3) is 0 Å². The van der Waals surface area contributed by atoms with Crippen molar-refractivity contribution in [1.29, 1.82) is 0 Å². The Balaban J connectivity index is 2.07. The number of nitrogens with zero attached hydrogens (tertiary/aromatic N) is 3. The first-order chi connectivity index (χ1) is 14.7. The molecular weight excluding hydrogens is 404 g/mol. The maximum absolute atomic E-state index is 5.66. The van der Waals surface area contributed by atoms with Crippen molar-refractivity contribution >= 4 is 11.3 Å². The zero-order valence-electron chi connectivity index (χ0n) is 16.9. The Kier molecular flexibility index (Phi) is 5.53. The van der Waals surface area contributed by atoms with E-state index in [0.717, 1.165) is 26.4 Å². The maximum atomic E-state index is 5.66. The van der Waals surface area contributed by atoms with Gasteiger partial charge in [0.1, 0.15) is 23.0 Å². The number of hydrogen-bond acceptors (Lipinski definition) is 8. The molecule has 1 N–H and O–H groups in total. The lowest BCUT2D eigenvalue weighted by Gasteiger charge is -2.16. The minimum absolute atomic E-state index is 0.565. The van der Waals surface area contributed by atoms with Gasteiger partial charge < -0.3 is 18.9 Å². The quantitative estimate of drug-likeness (QED) is 0.473. The van der Waals surface area contributed by atoms with E-state index in [9.17, 15) is 0 Å². The summed E-state index contributed by atoms with van der Waals surface area (Å²) in [5, 5.41) is 14.3. The second-order valence-electron chi connectivity index (χ2n) is 6.18. The molecule has 0 saturated heterocycles. The Morgan fingerprint density at radius 1 is 0.767 bits per heavy atom. The van der Waals surface area contributed by atoms with Crippen molar-refractivity contribution < 1.29 is 18.9 Å². The fraction of sp³-hybridized carbons (Fsp3) is 0.190. The fourth-order valence-electron chi connectivity index (χ4n) is 3.33. The van der Waals surface area contributed by atoms with Gasteiger partial charge in [0, 0.05) is 5.56 Å². The van der Waals surface area contributed by atoms with Gasteiger partial charge in [0.2, 0.25) is 0 Å². The molecule has 2 heterocycles. The van der Waals surface area contributed by atoms with Crippen LogP contribution in [0.1, 0.15) is 0 Å². The molecule has 0 radical (unpaired) electrons. The Morgan fingerprint density at radius 2 is 1.30 bits per heavy atom. The van der Waals surface area contributed by atoms with E-state index < -0.39 is 0 Å². The molecule has 8 nitrogen and oxygen atoms in total. The number of rotatable bonds is 7. The Labute approximate surface area is 177 Å². The summed E-state index contributed by atoms with van der Waals surface area (Å²) in [4.78, 5) is 1.77. The number of thiophene rings is 1. The number of benzene rings is 2. The van der Waals surface area contributed by atoms with Crippen molar-refractivity contribution in [3.8, 4) is 55.3 Å². The van der Waals surface area contributed by atoms with Crippen LogP contribution in [0.25, 0.3) is 32.3 Å². The molecule has 2 aromatic carbocycles. The summed E-state index contributed by atoms with van der Waals surface area (Å²) in [5.41, 5.74) is 2.54. The predicted molar refractivity (Wildman–Crippen MR) is 115 cm³/mol. The lowest BCUT2D eigenvalue weighted by molar-refractivity contribution is 0.396. The molecule has 0 aliphatic heterocycles. The number of H-pyrrole nitrogens is 1. The summed E-state index contributed by atoms with van der Waals surface area (Å²) in [6.07, 6.45) is 0. The summed E-state index contributed by atoms with van der Waals surface area (Å²) in [7, 11) is 6.54. The van der Waals surface area contributed by atoms with Crippen molar-refractivity contribution in [3.63, 3.8) is 0 Å². The zero-order chi connectivity index (χ0) is 21.1. The Hall–Kier alpha value is -3.59. The van der Waals surface area contributed by atoms with Crippen LogP contribution in [0.15, 0.2) is 42.5 Å². The highest BCUT2D eigenvalue weighted by atomic mass is 32.1. The molecule has 0 atom stereocenters. The first-order valence-electron chi connectivity index (χ1n) is 9.02. The standard InChI is InChI=1S/C21H20N4O4S/c1-26-13-7-5-8-14(27-2)18(13)12-11-17(21-22-24-25-23-21)30-20(12)19-15(28-3)9-6-10-16(19)29-4/h5-11H,1-4H3,(H,22,23,24,25). The number of ether oxygens (including phenoxy) is 4. The van der Waals surface area contributed by atoms with E-state index >= 15 is 0 Å². The molecule has 4 aromatic rings. The summed E-state index contributed by atoms with van der Waals surface area (Å²) in [6, 6.07) is 13.4. The third kappa shape index (κ3) is 3.33. The van der Waals surface area contributed by atoms with Gasteiger partial charge in [-0.2, -0.15) is 0 Å². The van der Waals surface area contributed by atoms with E-state index in [4.69, 9.17) is 18.9 Å². The number of aromatic nitrogens is 4. The van der Waals surface area contributed by atoms with Crippen molar-refractivity contribution in [1.82, 2.24) is 20.6 Å². The minimum Gasteiger partial charge on any atom is -0.496 e. The third-order valence-electron chi connectivity index (χ3n) is 4.66. The van der Waals surface area contributed by atoms with Crippen LogP contribution in [0, 0.1) is 0 Å². The van der Waals surface area contributed by atoms with Crippen LogP contribution >= 0.6 is 11.3 Å².